The van der Waals surface area contributed by atoms with Crippen molar-refractivity contribution < 1.29 is 28.5 Å². The van der Waals surface area contributed by atoms with Crippen LogP contribution in [-0.2, 0) is 28.5 Å². The van der Waals surface area contributed by atoms with Crippen LogP contribution in [0.25, 0.3) is 0 Å². The Morgan fingerprint density at radius 1 is 1.32 bits per heavy atom. The highest BCUT2D eigenvalue weighted by Crippen LogP contribution is 2.30. The third-order valence-corrected chi connectivity index (χ3v) is 3.24. The van der Waals surface area contributed by atoms with Crippen LogP contribution in [0, 0.1) is 0 Å². The maximum Gasteiger partial charge on any atom is 0.330 e. The molecule has 0 unspecified atom stereocenters. The molecule has 126 valence electrons. The normalized spacial score (nSPS) is 25.7. The molecule has 6 heteroatoms. The van der Waals surface area contributed by atoms with Crippen molar-refractivity contribution in [3.63, 3.8) is 0 Å². The quantitative estimate of drug-likeness (QED) is 0.553. The Kier molecular flexibility index (Phi) is 7.03. The lowest BCUT2D eigenvalue weighted by Gasteiger charge is -2.41. The van der Waals surface area contributed by atoms with Gasteiger partial charge in [-0.05, 0) is 27.2 Å². The van der Waals surface area contributed by atoms with Gasteiger partial charge in [-0.1, -0.05) is 6.08 Å². The molecule has 1 aliphatic rings. The molecule has 1 aliphatic heterocycles. The summed E-state index contributed by atoms with van der Waals surface area (Å²) < 4.78 is 21.4. The lowest BCUT2D eigenvalue weighted by Crippen LogP contribution is -2.45. The molecule has 1 heterocycles. The van der Waals surface area contributed by atoms with E-state index in [9.17, 15) is 9.59 Å². The molecule has 0 radical (unpaired) electrons. The first-order valence-electron chi connectivity index (χ1n) is 7.49. The Morgan fingerprint density at radius 3 is 2.55 bits per heavy atom. The third kappa shape index (κ3) is 7.04. The number of hydrogen-bond acceptors (Lipinski definition) is 6. The molecule has 0 amide bonds. The van der Waals surface area contributed by atoms with Gasteiger partial charge in [-0.15, -0.1) is 0 Å². The van der Waals surface area contributed by atoms with Crippen LogP contribution in [-0.4, -0.2) is 43.1 Å². The lowest BCUT2D eigenvalue weighted by molar-refractivity contribution is -0.301. The molecule has 1 fully saturated rings. The van der Waals surface area contributed by atoms with Crippen LogP contribution in [0.15, 0.2) is 12.2 Å². The van der Waals surface area contributed by atoms with E-state index in [1.165, 1.54) is 20.1 Å². The average Bonchev–Trinajstić information content (AvgIpc) is 2.35. The van der Waals surface area contributed by atoms with Crippen LogP contribution in [0.4, 0.5) is 0 Å². The van der Waals surface area contributed by atoms with Crippen molar-refractivity contribution >= 4 is 11.9 Å². The molecule has 0 bridgehead atoms. The van der Waals surface area contributed by atoms with E-state index in [1.54, 1.807) is 6.08 Å². The van der Waals surface area contributed by atoms with E-state index >= 15 is 0 Å². The molecule has 22 heavy (non-hydrogen) atoms. The minimum Gasteiger partial charge on any atom is -0.466 e. The van der Waals surface area contributed by atoms with Crippen molar-refractivity contribution in [1.82, 2.24) is 0 Å². The Hall–Kier alpha value is -1.40. The smallest absolute Gasteiger partial charge is 0.330 e. The predicted molar refractivity (Wildman–Crippen MR) is 80.1 cm³/mol. The molecule has 6 nitrogen and oxygen atoms in total. The van der Waals surface area contributed by atoms with E-state index in [0.29, 0.717) is 19.3 Å². The summed E-state index contributed by atoms with van der Waals surface area (Å²) in [4.78, 5) is 22.1. The molecule has 0 spiro atoms. The van der Waals surface area contributed by atoms with Gasteiger partial charge < -0.3 is 18.9 Å². The van der Waals surface area contributed by atoms with Gasteiger partial charge in [0, 0.05) is 25.8 Å². The minimum absolute atomic E-state index is 0.0563. The van der Waals surface area contributed by atoms with Gasteiger partial charge >= 0.3 is 11.9 Å². The summed E-state index contributed by atoms with van der Waals surface area (Å²) in [5.74, 6) is -1.38. The van der Waals surface area contributed by atoms with Gasteiger partial charge in [0.15, 0.2) is 5.79 Å². The Labute approximate surface area is 131 Å². The van der Waals surface area contributed by atoms with Crippen molar-refractivity contribution in [1.29, 1.82) is 0 Å². The first kappa shape index (κ1) is 18.6. The van der Waals surface area contributed by atoms with Crippen LogP contribution in [0.5, 0.6) is 0 Å². The maximum absolute atomic E-state index is 11.1. The third-order valence-electron chi connectivity index (χ3n) is 3.24. The number of methoxy groups -OCH3 is 1. The van der Waals surface area contributed by atoms with Crippen molar-refractivity contribution in [2.45, 2.75) is 71.1 Å². The van der Waals surface area contributed by atoms with Crippen LogP contribution in [0.1, 0.15) is 47.0 Å². The molecule has 0 aliphatic carbocycles. The summed E-state index contributed by atoms with van der Waals surface area (Å²) in [6.07, 6.45) is 4.70. The van der Waals surface area contributed by atoms with E-state index in [4.69, 9.17) is 14.2 Å². The van der Waals surface area contributed by atoms with Gasteiger partial charge in [-0.3, -0.25) is 4.79 Å². The van der Waals surface area contributed by atoms with Gasteiger partial charge in [0.2, 0.25) is 0 Å². The van der Waals surface area contributed by atoms with E-state index in [1.807, 2.05) is 20.8 Å². The molecule has 0 saturated carbocycles. The number of ether oxygens (including phenoxy) is 4. The number of carbonyl (C=O) groups is 2. The van der Waals surface area contributed by atoms with Crippen LogP contribution >= 0.6 is 0 Å². The summed E-state index contributed by atoms with van der Waals surface area (Å²) >= 11 is 0. The summed E-state index contributed by atoms with van der Waals surface area (Å²) in [5, 5.41) is 0. The number of rotatable bonds is 6. The molecule has 3 atom stereocenters. The van der Waals surface area contributed by atoms with Gasteiger partial charge in [-0.2, -0.15) is 0 Å². The van der Waals surface area contributed by atoms with Crippen molar-refractivity contribution in [3.05, 3.63) is 12.2 Å². The highest BCUT2D eigenvalue weighted by Gasteiger charge is 2.35. The highest BCUT2D eigenvalue weighted by atomic mass is 16.7. The van der Waals surface area contributed by atoms with Gasteiger partial charge in [-0.25, -0.2) is 4.79 Å². The topological polar surface area (TPSA) is 71.1 Å². The molecule has 0 N–H and O–H groups in total. The standard InChI is InChI=1S/C16H26O6/c1-11(20-12(2)17)9-14-10-13(21-16(3,4)22-14)7-6-8-15(18)19-5/h6,8,11,13-14H,7,9-10H2,1-5H3/b8-6-/t11-,13+,14-/m0/s1. The van der Waals surface area contributed by atoms with Crippen LogP contribution < -0.4 is 0 Å². The summed E-state index contributed by atoms with van der Waals surface area (Å²) in [6, 6.07) is 0. The zero-order chi connectivity index (χ0) is 16.8. The lowest BCUT2D eigenvalue weighted by atomic mass is 10.0. The van der Waals surface area contributed by atoms with Gasteiger partial charge in [0.1, 0.15) is 6.10 Å². The average molecular weight is 314 g/mol. The molecule has 1 saturated heterocycles. The first-order valence-corrected chi connectivity index (χ1v) is 7.49. The molecule has 0 aromatic rings. The molecule has 0 aromatic heterocycles. The van der Waals surface area contributed by atoms with Crippen molar-refractivity contribution in [2.75, 3.05) is 7.11 Å². The SMILES string of the molecule is COC(=O)/C=C\C[C@@H]1C[C@H](C[C@H](C)OC(C)=O)OC(C)(C)O1. The van der Waals surface area contributed by atoms with E-state index in [0.717, 1.165) is 0 Å². The fourth-order valence-corrected chi connectivity index (χ4v) is 2.59. The summed E-state index contributed by atoms with van der Waals surface area (Å²) in [5.41, 5.74) is 0. The second kappa shape index (κ2) is 8.29. The Morgan fingerprint density at radius 2 is 1.95 bits per heavy atom. The Bertz CT molecular complexity index is 415. The summed E-state index contributed by atoms with van der Waals surface area (Å²) in [6.45, 7) is 6.95. The van der Waals surface area contributed by atoms with Gasteiger partial charge in [0.25, 0.3) is 0 Å². The number of hydrogen-bond donors (Lipinski definition) is 0. The zero-order valence-corrected chi connectivity index (χ0v) is 14.0. The Balaban J connectivity index is 2.56. The fourth-order valence-electron chi connectivity index (χ4n) is 2.59. The number of carbonyl (C=O) groups excluding carboxylic acids is 2. The predicted octanol–water partition coefficient (Wildman–Crippen LogP) is 2.36. The van der Waals surface area contributed by atoms with Crippen LogP contribution in [0.2, 0.25) is 0 Å². The van der Waals surface area contributed by atoms with E-state index in [2.05, 4.69) is 4.74 Å². The number of esters is 2. The maximum atomic E-state index is 11.1. The summed E-state index contributed by atoms with van der Waals surface area (Å²) in [7, 11) is 1.34. The fraction of sp³-hybridized carbons (Fsp3) is 0.750. The first-order chi connectivity index (χ1) is 10.2. The molecule has 1 rings (SSSR count). The largest absolute Gasteiger partial charge is 0.466 e. The van der Waals surface area contributed by atoms with Crippen molar-refractivity contribution in [2.24, 2.45) is 0 Å². The molecule has 0 aromatic carbocycles. The van der Waals surface area contributed by atoms with E-state index in [-0.39, 0.29) is 30.3 Å². The molecular formula is C16H26O6. The van der Waals surface area contributed by atoms with Crippen molar-refractivity contribution in [3.8, 4) is 0 Å². The second-order valence-corrected chi connectivity index (χ2v) is 5.93. The highest BCUT2D eigenvalue weighted by molar-refractivity contribution is 5.81. The monoisotopic (exact) mass is 314 g/mol. The minimum atomic E-state index is -0.706. The van der Waals surface area contributed by atoms with E-state index < -0.39 is 5.79 Å². The van der Waals surface area contributed by atoms with Crippen LogP contribution in [0.3, 0.4) is 0 Å². The zero-order valence-electron chi connectivity index (χ0n) is 14.0. The van der Waals surface area contributed by atoms with Gasteiger partial charge in [0.05, 0.1) is 19.3 Å². The molecular weight excluding hydrogens is 288 g/mol. The second-order valence-electron chi connectivity index (χ2n) is 5.93.